The maximum Gasteiger partial charge on any atom is 0.0423 e. The highest BCUT2D eigenvalue weighted by atomic mass is 79.9. The minimum absolute atomic E-state index is 0.312. The van der Waals surface area contributed by atoms with E-state index in [0.29, 0.717) is 6.04 Å². The molecule has 2 rings (SSSR count). The fourth-order valence-corrected chi connectivity index (χ4v) is 2.74. The fraction of sp³-hybridized carbons (Fsp3) is 0.353. The van der Waals surface area contributed by atoms with E-state index >= 15 is 0 Å². The zero-order chi connectivity index (χ0) is 14.5. The number of nitrogens with one attached hydrogen (secondary N) is 1. The highest BCUT2D eigenvalue weighted by Crippen LogP contribution is 2.21. The smallest absolute Gasteiger partial charge is 0.0423 e. The first-order valence-corrected chi connectivity index (χ1v) is 7.80. The molecular formula is C17H21BrN2. The first-order valence-electron chi connectivity index (χ1n) is 7.00. The number of halogens is 1. The molecule has 0 bridgehead atoms. The van der Waals surface area contributed by atoms with Gasteiger partial charge in [-0.05, 0) is 54.0 Å². The number of hydrogen-bond acceptors (Lipinski definition) is 2. The zero-order valence-corrected chi connectivity index (χ0v) is 13.9. The summed E-state index contributed by atoms with van der Waals surface area (Å²) < 4.78 is 1.02. The van der Waals surface area contributed by atoms with Crippen LogP contribution in [0.5, 0.6) is 0 Å². The molecule has 1 heterocycles. The second-order valence-electron chi connectivity index (χ2n) is 5.20. The minimum Gasteiger partial charge on any atom is -0.310 e. The summed E-state index contributed by atoms with van der Waals surface area (Å²) in [6.07, 6.45) is 2.77. The van der Waals surface area contributed by atoms with Crippen LogP contribution in [0.25, 0.3) is 0 Å². The van der Waals surface area contributed by atoms with Gasteiger partial charge in [-0.3, -0.25) is 4.98 Å². The molecule has 1 atom stereocenters. The molecule has 0 saturated heterocycles. The van der Waals surface area contributed by atoms with E-state index in [1.54, 1.807) is 0 Å². The molecule has 3 heteroatoms. The van der Waals surface area contributed by atoms with Crippen molar-refractivity contribution in [1.82, 2.24) is 10.3 Å². The van der Waals surface area contributed by atoms with Crippen molar-refractivity contribution >= 4 is 15.9 Å². The number of likely N-dealkylation sites (N-methyl/N-ethyl adjacent to an activating group) is 1. The van der Waals surface area contributed by atoms with Crippen molar-refractivity contribution in [2.75, 3.05) is 6.54 Å². The summed E-state index contributed by atoms with van der Waals surface area (Å²) in [7, 11) is 0. The summed E-state index contributed by atoms with van der Waals surface area (Å²) in [5, 5.41) is 3.56. The average Bonchev–Trinajstić information content (AvgIpc) is 2.39. The van der Waals surface area contributed by atoms with Gasteiger partial charge in [0.05, 0.1) is 0 Å². The van der Waals surface area contributed by atoms with Crippen LogP contribution < -0.4 is 5.32 Å². The number of benzene rings is 1. The van der Waals surface area contributed by atoms with Gasteiger partial charge in [0.1, 0.15) is 0 Å². The van der Waals surface area contributed by atoms with Crippen LogP contribution in [0.3, 0.4) is 0 Å². The maximum atomic E-state index is 4.48. The van der Waals surface area contributed by atoms with Crippen LogP contribution >= 0.6 is 15.9 Å². The molecule has 20 heavy (non-hydrogen) atoms. The second kappa shape index (κ2) is 7.00. The lowest BCUT2D eigenvalue weighted by Crippen LogP contribution is -2.23. The zero-order valence-electron chi connectivity index (χ0n) is 12.3. The topological polar surface area (TPSA) is 24.9 Å². The van der Waals surface area contributed by atoms with E-state index in [2.05, 4.69) is 71.3 Å². The van der Waals surface area contributed by atoms with Gasteiger partial charge >= 0.3 is 0 Å². The third kappa shape index (κ3) is 4.15. The number of hydrogen-bond donors (Lipinski definition) is 1. The summed E-state index contributed by atoms with van der Waals surface area (Å²) >= 11 is 3.43. The van der Waals surface area contributed by atoms with Gasteiger partial charge in [0.25, 0.3) is 0 Å². The third-order valence-corrected chi connectivity index (χ3v) is 3.77. The Labute approximate surface area is 129 Å². The van der Waals surface area contributed by atoms with Gasteiger partial charge in [-0.25, -0.2) is 0 Å². The van der Waals surface area contributed by atoms with Gasteiger partial charge in [-0.15, -0.1) is 0 Å². The van der Waals surface area contributed by atoms with Crippen molar-refractivity contribution in [3.05, 3.63) is 63.4 Å². The molecule has 1 unspecified atom stereocenters. The molecule has 0 saturated carbocycles. The standard InChI is InChI=1S/C17H21BrN2/c1-4-19-17(10-16-6-5-15(18)11-20-16)14-8-12(2)7-13(3)9-14/h5-9,11,17,19H,4,10H2,1-3H3. The molecule has 1 aromatic heterocycles. The second-order valence-corrected chi connectivity index (χ2v) is 6.12. The number of rotatable bonds is 5. The van der Waals surface area contributed by atoms with Crippen LogP contribution in [0, 0.1) is 13.8 Å². The molecule has 0 fully saturated rings. The van der Waals surface area contributed by atoms with Gasteiger partial charge in [-0.1, -0.05) is 36.2 Å². The van der Waals surface area contributed by atoms with Gasteiger partial charge in [0.2, 0.25) is 0 Å². The summed E-state index contributed by atoms with van der Waals surface area (Å²) in [6.45, 7) is 7.40. The molecule has 0 spiro atoms. The van der Waals surface area contributed by atoms with Crippen LogP contribution in [-0.4, -0.2) is 11.5 Å². The Balaban J connectivity index is 2.23. The van der Waals surface area contributed by atoms with E-state index in [0.717, 1.165) is 23.1 Å². The lowest BCUT2D eigenvalue weighted by atomic mass is 9.97. The molecular weight excluding hydrogens is 312 g/mol. The van der Waals surface area contributed by atoms with Crippen molar-refractivity contribution in [3.8, 4) is 0 Å². The van der Waals surface area contributed by atoms with Crippen molar-refractivity contribution < 1.29 is 0 Å². The van der Waals surface area contributed by atoms with Crippen molar-refractivity contribution in [2.45, 2.75) is 33.2 Å². The molecule has 0 amide bonds. The maximum absolute atomic E-state index is 4.48. The van der Waals surface area contributed by atoms with E-state index < -0.39 is 0 Å². The Morgan fingerprint density at radius 3 is 2.40 bits per heavy atom. The quantitative estimate of drug-likeness (QED) is 0.880. The van der Waals surface area contributed by atoms with E-state index in [1.165, 1.54) is 16.7 Å². The Kier molecular flexibility index (Phi) is 5.32. The molecule has 1 N–H and O–H groups in total. The van der Waals surface area contributed by atoms with Gasteiger partial charge in [0, 0.05) is 28.8 Å². The average molecular weight is 333 g/mol. The SMILES string of the molecule is CCNC(Cc1ccc(Br)cn1)c1cc(C)cc(C)c1. The number of nitrogens with zero attached hydrogens (tertiary/aromatic N) is 1. The predicted molar refractivity (Wildman–Crippen MR) is 88.0 cm³/mol. The lowest BCUT2D eigenvalue weighted by molar-refractivity contribution is 0.543. The summed E-state index contributed by atoms with van der Waals surface area (Å²) in [5.41, 5.74) is 5.07. The normalized spacial score (nSPS) is 12.4. The van der Waals surface area contributed by atoms with Crippen LogP contribution in [-0.2, 0) is 6.42 Å². The first-order chi connectivity index (χ1) is 9.58. The Bertz CT molecular complexity index is 543. The van der Waals surface area contributed by atoms with Crippen LogP contribution in [0.4, 0.5) is 0 Å². The van der Waals surface area contributed by atoms with Gasteiger partial charge < -0.3 is 5.32 Å². The van der Waals surface area contributed by atoms with Crippen molar-refractivity contribution in [3.63, 3.8) is 0 Å². The van der Waals surface area contributed by atoms with Crippen molar-refractivity contribution in [1.29, 1.82) is 0 Å². The molecule has 0 radical (unpaired) electrons. The molecule has 2 nitrogen and oxygen atoms in total. The molecule has 0 aliphatic rings. The lowest BCUT2D eigenvalue weighted by Gasteiger charge is -2.19. The van der Waals surface area contributed by atoms with Crippen LogP contribution in [0.1, 0.15) is 35.3 Å². The first kappa shape index (κ1) is 15.2. The van der Waals surface area contributed by atoms with Crippen molar-refractivity contribution in [2.24, 2.45) is 0 Å². The monoisotopic (exact) mass is 332 g/mol. The molecule has 0 aliphatic carbocycles. The van der Waals surface area contributed by atoms with Crippen LogP contribution in [0.15, 0.2) is 41.0 Å². The van der Waals surface area contributed by atoms with Crippen LogP contribution in [0.2, 0.25) is 0 Å². The summed E-state index contributed by atoms with van der Waals surface area (Å²) in [6, 6.07) is 11.2. The number of aryl methyl sites for hydroxylation is 2. The van der Waals surface area contributed by atoms with E-state index in [1.807, 2.05) is 12.3 Å². The molecule has 1 aromatic carbocycles. The largest absolute Gasteiger partial charge is 0.310 e. The third-order valence-electron chi connectivity index (χ3n) is 3.30. The van der Waals surface area contributed by atoms with E-state index in [-0.39, 0.29) is 0 Å². The van der Waals surface area contributed by atoms with E-state index in [9.17, 15) is 0 Å². The highest BCUT2D eigenvalue weighted by Gasteiger charge is 2.12. The molecule has 106 valence electrons. The van der Waals surface area contributed by atoms with Gasteiger partial charge in [0.15, 0.2) is 0 Å². The minimum atomic E-state index is 0.312. The summed E-state index contributed by atoms with van der Waals surface area (Å²) in [5.74, 6) is 0. The number of aromatic nitrogens is 1. The fourth-order valence-electron chi connectivity index (χ4n) is 2.50. The molecule has 0 aliphatic heterocycles. The number of pyridine rings is 1. The summed E-state index contributed by atoms with van der Waals surface area (Å²) in [4.78, 5) is 4.48. The predicted octanol–water partition coefficient (Wildman–Crippen LogP) is 4.35. The van der Waals surface area contributed by atoms with E-state index in [4.69, 9.17) is 0 Å². The molecule has 2 aromatic rings. The Hall–Kier alpha value is -1.19. The van der Waals surface area contributed by atoms with Gasteiger partial charge in [-0.2, -0.15) is 0 Å². The Morgan fingerprint density at radius 2 is 1.85 bits per heavy atom. The Morgan fingerprint density at radius 1 is 1.15 bits per heavy atom. The highest BCUT2D eigenvalue weighted by molar-refractivity contribution is 9.10.